The zero-order valence-corrected chi connectivity index (χ0v) is 31.5. The van der Waals surface area contributed by atoms with Crippen molar-refractivity contribution in [2.24, 2.45) is 28.9 Å². The minimum atomic E-state index is -1.66. The van der Waals surface area contributed by atoms with Crippen LogP contribution in [0, 0.1) is 5.92 Å². The van der Waals surface area contributed by atoms with Gasteiger partial charge in [-0.1, -0.05) is 13.8 Å². The van der Waals surface area contributed by atoms with Crippen molar-refractivity contribution < 1.29 is 53.4 Å². The molecule has 0 heterocycles. The molecule has 0 radical (unpaired) electrons. The number of nitrogens with one attached hydrogen (secondary N) is 6. The van der Waals surface area contributed by atoms with Crippen molar-refractivity contribution in [2.45, 2.75) is 134 Å². The normalized spacial score (nSPS) is 14.9. The maximum Gasteiger partial charge on any atom is 0.326 e. The summed E-state index contributed by atoms with van der Waals surface area (Å²) < 4.78 is 0. The third kappa shape index (κ3) is 20.4. The number of carboxylic acid groups (broad SMARTS) is 2. The van der Waals surface area contributed by atoms with E-state index >= 15 is 0 Å². The molecule has 21 nitrogen and oxygen atoms in total. The lowest BCUT2D eigenvalue weighted by Gasteiger charge is -2.26. The van der Waals surface area contributed by atoms with E-state index in [9.17, 15) is 53.4 Å². The van der Waals surface area contributed by atoms with Gasteiger partial charge in [0.05, 0.1) is 12.5 Å². The van der Waals surface area contributed by atoms with Crippen LogP contribution >= 0.6 is 0 Å². The smallest absolute Gasteiger partial charge is 0.326 e. The summed E-state index contributed by atoms with van der Waals surface area (Å²) in [6, 6.07) is -9.20. The van der Waals surface area contributed by atoms with E-state index in [2.05, 4.69) is 31.9 Å². The van der Waals surface area contributed by atoms with E-state index in [1.54, 1.807) is 0 Å². The molecule has 308 valence electrons. The molecule has 0 unspecified atom stereocenters. The first kappa shape index (κ1) is 49.1. The Morgan fingerprint density at radius 3 is 1.41 bits per heavy atom. The molecule has 0 spiro atoms. The Balaban J connectivity index is 5.90. The van der Waals surface area contributed by atoms with Gasteiger partial charge in [-0.3, -0.25) is 38.4 Å². The minimum absolute atomic E-state index is 0.0112. The van der Waals surface area contributed by atoms with Crippen molar-refractivity contribution in [3.05, 3.63) is 0 Å². The van der Waals surface area contributed by atoms with Crippen LogP contribution in [0.25, 0.3) is 0 Å². The van der Waals surface area contributed by atoms with E-state index in [4.69, 9.17) is 22.9 Å². The second-order valence-corrected chi connectivity index (χ2v) is 13.5. The van der Waals surface area contributed by atoms with E-state index in [1.165, 1.54) is 13.8 Å². The second kappa shape index (κ2) is 26.0. The van der Waals surface area contributed by atoms with Gasteiger partial charge in [0.2, 0.25) is 41.4 Å². The predicted octanol–water partition coefficient (Wildman–Crippen LogP) is -3.61. The Kier molecular flexibility index (Phi) is 23.6. The van der Waals surface area contributed by atoms with Crippen molar-refractivity contribution in [2.75, 3.05) is 13.1 Å². The third-order valence-electron chi connectivity index (χ3n) is 8.03. The number of aliphatic carboxylic acids is 2. The second-order valence-electron chi connectivity index (χ2n) is 13.5. The van der Waals surface area contributed by atoms with Crippen LogP contribution in [0.5, 0.6) is 0 Å². The molecule has 7 amide bonds. The number of rotatable bonds is 28. The van der Waals surface area contributed by atoms with E-state index < -0.39 is 108 Å². The molecule has 0 saturated heterocycles. The van der Waals surface area contributed by atoms with Crippen LogP contribution in [0.3, 0.4) is 0 Å². The van der Waals surface area contributed by atoms with Crippen molar-refractivity contribution in [1.29, 1.82) is 0 Å². The fraction of sp³-hybridized carbons (Fsp3) is 0.727. The standard InChI is InChI=1S/C33H60N10O11/c1-17(2)15-20(36)29(49)43-24(16-26(45)46)32(52)41-22(11-12-25(37)44)31(51)40-21(9-5-7-13-34)30(50)39-18(3)27(47)38-19(4)28(48)42-23(33(53)54)10-6-8-14-35/h17-24H,5-16,34-36H2,1-4H3,(H2,37,44)(H,38,47)(H,39,50)(H,40,51)(H,41,52)(H,42,48)(H,43,49)(H,45,46)(H,53,54)/t18-,19-,20-,21-,22-,23-,24-/m0/s1. The Morgan fingerprint density at radius 1 is 0.537 bits per heavy atom. The number of amides is 7. The van der Waals surface area contributed by atoms with E-state index in [0.717, 1.165) is 0 Å². The first-order chi connectivity index (χ1) is 25.2. The van der Waals surface area contributed by atoms with Crippen LogP contribution in [0.2, 0.25) is 0 Å². The Labute approximate surface area is 314 Å². The molecule has 0 aromatic carbocycles. The van der Waals surface area contributed by atoms with Gasteiger partial charge in [-0.15, -0.1) is 0 Å². The first-order valence-corrected chi connectivity index (χ1v) is 17.9. The maximum absolute atomic E-state index is 13.5. The number of carboxylic acids is 2. The van der Waals surface area contributed by atoms with Crippen LogP contribution in [0.15, 0.2) is 0 Å². The lowest BCUT2D eigenvalue weighted by atomic mass is 10.0. The lowest BCUT2D eigenvalue weighted by Crippen LogP contribution is -2.59. The highest BCUT2D eigenvalue weighted by atomic mass is 16.4. The molecule has 0 fully saturated rings. The number of carbonyl (C=O) groups excluding carboxylic acids is 7. The molecule has 0 aliphatic heterocycles. The molecule has 0 rings (SSSR count). The van der Waals surface area contributed by atoms with Crippen molar-refractivity contribution in [3.8, 4) is 0 Å². The molecule has 16 N–H and O–H groups in total. The highest BCUT2D eigenvalue weighted by molar-refractivity contribution is 5.97. The highest BCUT2D eigenvalue weighted by Gasteiger charge is 2.33. The topological polar surface area (TPSA) is 370 Å². The van der Waals surface area contributed by atoms with Gasteiger partial charge in [-0.2, -0.15) is 0 Å². The Bertz CT molecular complexity index is 1300. The SMILES string of the molecule is CC(C)C[C@H](N)C(=O)N[C@@H](CC(=O)O)C(=O)N[C@@H](CCC(N)=O)C(=O)N[C@@H](CCCCN)C(=O)N[C@@H](C)C(=O)N[C@@H](C)C(=O)N[C@@H](CCCCN)C(=O)O. The maximum atomic E-state index is 13.5. The molecular formula is C33H60N10O11. The summed E-state index contributed by atoms with van der Waals surface area (Å²) in [5.41, 5.74) is 22.2. The van der Waals surface area contributed by atoms with Gasteiger partial charge < -0.3 is 65.0 Å². The fourth-order valence-electron chi connectivity index (χ4n) is 4.97. The number of hydrogen-bond donors (Lipinski definition) is 12. The lowest BCUT2D eigenvalue weighted by molar-refractivity contribution is -0.142. The molecule has 0 aromatic rings. The fourth-order valence-corrected chi connectivity index (χ4v) is 4.97. The summed E-state index contributed by atoms with van der Waals surface area (Å²) in [7, 11) is 0. The molecule has 0 bridgehead atoms. The van der Waals surface area contributed by atoms with Gasteiger partial charge in [-0.25, -0.2) is 4.79 Å². The number of primary amides is 1. The molecule has 0 saturated carbocycles. The van der Waals surface area contributed by atoms with Crippen LogP contribution in [-0.2, 0) is 43.2 Å². The molecular weight excluding hydrogens is 712 g/mol. The Morgan fingerprint density at radius 2 is 0.944 bits per heavy atom. The Hall–Kier alpha value is -4.89. The van der Waals surface area contributed by atoms with Crippen LogP contribution in [-0.4, -0.2) is 119 Å². The number of unbranched alkanes of at least 4 members (excludes halogenated alkanes) is 2. The summed E-state index contributed by atoms with van der Waals surface area (Å²) in [5, 5.41) is 33.1. The largest absolute Gasteiger partial charge is 0.481 e. The number of hydrogen-bond acceptors (Lipinski definition) is 12. The van der Waals surface area contributed by atoms with Gasteiger partial charge in [0.1, 0.15) is 36.3 Å². The molecule has 7 atom stereocenters. The van der Waals surface area contributed by atoms with Gasteiger partial charge in [0.25, 0.3) is 0 Å². The zero-order valence-electron chi connectivity index (χ0n) is 31.5. The monoisotopic (exact) mass is 772 g/mol. The van der Waals surface area contributed by atoms with Crippen molar-refractivity contribution in [3.63, 3.8) is 0 Å². The molecule has 21 heteroatoms. The number of carbonyl (C=O) groups is 9. The van der Waals surface area contributed by atoms with E-state index in [0.29, 0.717) is 32.2 Å². The van der Waals surface area contributed by atoms with Crippen LogP contribution < -0.4 is 54.8 Å². The minimum Gasteiger partial charge on any atom is -0.481 e. The summed E-state index contributed by atoms with van der Waals surface area (Å²) in [5.74, 6) is -8.77. The van der Waals surface area contributed by atoms with Gasteiger partial charge in [-0.05, 0) is 84.2 Å². The summed E-state index contributed by atoms with van der Waals surface area (Å²) in [6.45, 7) is 6.86. The van der Waals surface area contributed by atoms with E-state index in [-0.39, 0.29) is 38.1 Å². The average molecular weight is 773 g/mol. The average Bonchev–Trinajstić information content (AvgIpc) is 3.07. The summed E-state index contributed by atoms with van der Waals surface area (Å²) >= 11 is 0. The van der Waals surface area contributed by atoms with Crippen LogP contribution in [0.1, 0.15) is 91.9 Å². The molecule has 0 aromatic heterocycles. The highest BCUT2D eigenvalue weighted by Crippen LogP contribution is 2.08. The van der Waals surface area contributed by atoms with Crippen molar-refractivity contribution >= 4 is 53.3 Å². The van der Waals surface area contributed by atoms with Crippen LogP contribution in [0.4, 0.5) is 0 Å². The van der Waals surface area contributed by atoms with Gasteiger partial charge in [0, 0.05) is 6.42 Å². The van der Waals surface area contributed by atoms with Gasteiger partial charge >= 0.3 is 11.9 Å². The zero-order chi connectivity index (χ0) is 41.5. The number of nitrogens with two attached hydrogens (primary N) is 4. The summed E-state index contributed by atoms with van der Waals surface area (Å²) in [6.07, 6.45) is 0.551. The molecule has 0 aliphatic rings. The molecule has 54 heavy (non-hydrogen) atoms. The predicted molar refractivity (Wildman–Crippen MR) is 194 cm³/mol. The quantitative estimate of drug-likeness (QED) is 0.0342. The third-order valence-corrected chi connectivity index (χ3v) is 8.03. The molecule has 0 aliphatic carbocycles. The van der Waals surface area contributed by atoms with E-state index in [1.807, 2.05) is 13.8 Å². The van der Waals surface area contributed by atoms with Gasteiger partial charge in [0.15, 0.2) is 0 Å². The first-order valence-electron chi connectivity index (χ1n) is 17.9. The summed E-state index contributed by atoms with van der Waals surface area (Å²) in [4.78, 5) is 113. The van der Waals surface area contributed by atoms with Crippen molar-refractivity contribution in [1.82, 2.24) is 31.9 Å².